The predicted octanol–water partition coefficient (Wildman–Crippen LogP) is 2.90. The Labute approximate surface area is 111 Å². The Bertz CT molecular complexity index is 491. The second kappa shape index (κ2) is 5.20. The molecule has 0 amide bonds. The summed E-state index contributed by atoms with van der Waals surface area (Å²) in [7, 11) is 0. The second-order valence-electron chi connectivity index (χ2n) is 4.85. The Morgan fingerprint density at radius 2 is 2.44 bits per heavy atom. The van der Waals surface area contributed by atoms with Crippen molar-refractivity contribution >= 4 is 11.3 Å². The van der Waals surface area contributed by atoms with Crippen molar-refractivity contribution in [2.75, 3.05) is 6.54 Å². The number of aromatic nitrogens is 3. The SMILES string of the molecule is Cc1nc(CN2CCCC[C@H]2c2ccn[nH]2)cs1. The zero-order valence-electron chi connectivity index (χ0n) is 10.6. The first kappa shape index (κ1) is 11.9. The molecule has 3 heterocycles. The van der Waals surface area contributed by atoms with Crippen molar-refractivity contribution in [3.8, 4) is 0 Å². The molecule has 3 rings (SSSR count). The van der Waals surface area contributed by atoms with Gasteiger partial charge in [0.2, 0.25) is 0 Å². The molecule has 0 saturated carbocycles. The van der Waals surface area contributed by atoms with Gasteiger partial charge in [0, 0.05) is 18.1 Å². The molecule has 1 aliphatic rings. The molecule has 96 valence electrons. The quantitative estimate of drug-likeness (QED) is 0.925. The molecule has 5 heteroatoms. The Balaban J connectivity index is 1.76. The van der Waals surface area contributed by atoms with Gasteiger partial charge in [-0.1, -0.05) is 6.42 Å². The lowest BCUT2D eigenvalue weighted by Gasteiger charge is -2.34. The second-order valence-corrected chi connectivity index (χ2v) is 5.91. The standard InChI is InChI=1S/C13H18N4S/c1-10-15-11(9-18-10)8-17-7-3-2-4-13(17)12-5-6-14-16-12/h5-6,9,13H,2-4,7-8H2,1H3,(H,14,16)/t13-/m0/s1. The Morgan fingerprint density at radius 3 is 3.17 bits per heavy atom. The third-order valence-corrected chi connectivity index (χ3v) is 4.35. The van der Waals surface area contributed by atoms with Crippen LogP contribution >= 0.6 is 11.3 Å². The molecule has 1 fully saturated rings. The summed E-state index contributed by atoms with van der Waals surface area (Å²) in [5.74, 6) is 0. The molecule has 0 radical (unpaired) electrons. The van der Waals surface area contributed by atoms with Crippen LogP contribution in [-0.2, 0) is 6.54 Å². The molecular weight excluding hydrogens is 244 g/mol. The van der Waals surface area contributed by atoms with E-state index in [-0.39, 0.29) is 0 Å². The number of aryl methyl sites for hydroxylation is 1. The minimum atomic E-state index is 0.475. The fraction of sp³-hybridized carbons (Fsp3) is 0.538. The van der Waals surface area contributed by atoms with E-state index in [9.17, 15) is 0 Å². The maximum absolute atomic E-state index is 4.57. The van der Waals surface area contributed by atoms with E-state index in [1.165, 1.54) is 30.7 Å². The number of nitrogens with zero attached hydrogens (tertiary/aromatic N) is 3. The molecule has 18 heavy (non-hydrogen) atoms. The summed E-state index contributed by atoms with van der Waals surface area (Å²) in [5, 5.41) is 10.5. The highest BCUT2D eigenvalue weighted by Crippen LogP contribution is 2.30. The average molecular weight is 262 g/mol. The van der Waals surface area contributed by atoms with Crippen LogP contribution in [0.25, 0.3) is 0 Å². The van der Waals surface area contributed by atoms with Gasteiger partial charge in [-0.05, 0) is 32.4 Å². The van der Waals surface area contributed by atoms with E-state index < -0.39 is 0 Å². The van der Waals surface area contributed by atoms with Gasteiger partial charge in [-0.3, -0.25) is 10.00 Å². The average Bonchev–Trinajstić information content (AvgIpc) is 3.02. The number of H-pyrrole nitrogens is 1. The number of rotatable bonds is 3. The van der Waals surface area contributed by atoms with Crippen LogP contribution in [0.15, 0.2) is 17.6 Å². The molecule has 0 bridgehead atoms. The number of nitrogens with one attached hydrogen (secondary N) is 1. The topological polar surface area (TPSA) is 44.8 Å². The lowest BCUT2D eigenvalue weighted by Crippen LogP contribution is -2.33. The highest BCUT2D eigenvalue weighted by Gasteiger charge is 2.25. The molecule has 1 saturated heterocycles. The molecule has 0 spiro atoms. The van der Waals surface area contributed by atoms with Gasteiger partial charge < -0.3 is 0 Å². The third-order valence-electron chi connectivity index (χ3n) is 3.53. The molecule has 1 aliphatic heterocycles. The number of piperidine rings is 1. The maximum Gasteiger partial charge on any atom is 0.0897 e. The van der Waals surface area contributed by atoms with Gasteiger partial charge >= 0.3 is 0 Å². The van der Waals surface area contributed by atoms with Crippen LogP contribution in [0.4, 0.5) is 0 Å². The fourth-order valence-electron chi connectivity index (χ4n) is 2.67. The molecule has 2 aromatic rings. The van der Waals surface area contributed by atoms with Gasteiger partial charge in [0.1, 0.15) is 0 Å². The van der Waals surface area contributed by atoms with Gasteiger partial charge in [-0.2, -0.15) is 5.10 Å². The third kappa shape index (κ3) is 2.47. The van der Waals surface area contributed by atoms with Crippen LogP contribution < -0.4 is 0 Å². The zero-order chi connectivity index (χ0) is 12.4. The Morgan fingerprint density at radius 1 is 1.50 bits per heavy atom. The van der Waals surface area contributed by atoms with E-state index in [4.69, 9.17) is 0 Å². The van der Waals surface area contributed by atoms with E-state index in [1.807, 2.05) is 6.20 Å². The van der Waals surface area contributed by atoms with Gasteiger partial charge in [-0.15, -0.1) is 11.3 Å². The van der Waals surface area contributed by atoms with Crippen LogP contribution in [0.2, 0.25) is 0 Å². The predicted molar refractivity (Wildman–Crippen MR) is 72.4 cm³/mol. The summed E-state index contributed by atoms with van der Waals surface area (Å²) in [6.07, 6.45) is 5.64. The smallest absolute Gasteiger partial charge is 0.0897 e. The van der Waals surface area contributed by atoms with E-state index >= 15 is 0 Å². The summed E-state index contributed by atoms with van der Waals surface area (Å²) in [4.78, 5) is 7.09. The van der Waals surface area contributed by atoms with Gasteiger partial charge in [0.25, 0.3) is 0 Å². The van der Waals surface area contributed by atoms with Crippen LogP contribution in [0, 0.1) is 6.92 Å². The minimum absolute atomic E-state index is 0.475. The van der Waals surface area contributed by atoms with Crippen molar-refractivity contribution < 1.29 is 0 Å². The summed E-state index contributed by atoms with van der Waals surface area (Å²) in [6.45, 7) is 4.17. The Kier molecular flexibility index (Phi) is 3.43. The summed E-state index contributed by atoms with van der Waals surface area (Å²) >= 11 is 1.73. The fourth-order valence-corrected chi connectivity index (χ4v) is 3.28. The summed E-state index contributed by atoms with van der Waals surface area (Å²) in [5.41, 5.74) is 2.44. The first-order chi connectivity index (χ1) is 8.83. The largest absolute Gasteiger partial charge is 0.289 e. The number of hydrogen-bond donors (Lipinski definition) is 1. The molecule has 0 aliphatic carbocycles. The van der Waals surface area contributed by atoms with E-state index in [2.05, 4.69) is 38.5 Å². The maximum atomic E-state index is 4.57. The number of hydrogen-bond acceptors (Lipinski definition) is 4. The van der Waals surface area contributed by atoms with Gasteiger partial charge in [0.05, 0.1) is 22.4 Å². The molecule has 4 nitrogen and oxygen atoms in total. The first-order valence-electron chi connectivity index (χ1n) is 6.47. The van der Waals surface area contributed by atoms with E-state index in [1.54, 1.807) is 11.3 Å². The van der Waals surface area contributed by atoms with E-state index in [0.717, 1.165) is 18.1 Å². The monoisotopic (exact) mass is 262 g/mol. The molecule has 1 atom stereocenters. The van der Waals surface area contributed by atoms with Crippen molar-refractivity contribution in [2.24, 2.45) is 0 Å². The zero-order valence-corrected chi connectivity index (χ0v) is 11.4. The van der Waals surface area contributed by atoms with Crippen LogP contribution in [0.1, 0.15) is 41.7 Å². The van der Waals surface area contributed by atoms with Crippen molar-refractivity contribution in [3.05, 3.63) is 34.0 Å². The lowest BCUT2D eigenvalue weighted by molar-refractivity contribution is 0.135. The van der Waals surface area contributed by atoms with Crippen LogP contribution in [-0.4, -0.2) is 26.6 Å². The molecule has 1 N–H and O–H groups in total. The number of aromatic amines is 1. The number of thiazole rings is 1. The van der Waals surface area contributed by atoms with Gasteiger partial charge in [-0.25, -0.2) is 4.98 Å². The highest BCUT2D eigenvalue weighted by atomic mass is 32.1. The first-order valence-corrected chi connectivity index (χ1v) is 7.35. The van der Waals surface area contributed by atoms with Crippen molar-refractivity contribution in [3.63, 3.8) is 0 Å². The molecular formula is C13H18N4S. The van der Waals surface area contributed by atoms with Crippen LogP contribution in [0.3, 0.4) is 0 Å². The lowest BCUT2D eigenvalue weighted by atomic mass is 9.99. The van der Waals surface area contributed by atoms with Crippen molar-refractivity contribution in [1.82, 2.24) is 20.1 Å². The van der Waals surface area contributed by atoms with Crippen molar-refractivity contribution in [2.45, 2.75) is 38.8 Å². The molecule has 2 aromatic heterocycles. The summed E-state index contributed by atoms with van der Waals surface area (Å²) < 4.78 is 0. The van der Waals surface area contributed by atoms with E-state index in [0.29, 0.717) is 6.04 Å². The Hall–Kier alpha value is -1.20. The minimum Gasteiger partial charge on any atom is -0.289 e. The van der Waals surface area contributed by atoms with Crippen molar-refractivity contribution in [1.29, 1.82) is 0 Å². The van der Waals surface area contributed by atoms with Crippen LogP contribution in [0.5, 0.6) is 0 Å². The summed E-state index contributed by atoms with van der Waals surface area (Å²) in [6, 6.07) is 2.57. The number of likely N-dealkylation sites (tertiary alicyclic amines) is 1. The molecule has 0 unspecified atom stereocenters. The highest BCUT2D eigenvalue weighted by molar-refractivity contribution is 7.09. The molecule has 0 aromatic carbocycles. The normalized spacial score (nSPS) is 21.3. The van der Waals surface area contributed by atoms with Gasteiger partial charge in [0.15, 0.2) is 0 Å².